The fourth-order valence-corrected chi connectivity index (χ4v) is 5.36. The second-order valence-corrected chi connectivity index (χ2v) is 10.3. The van der Waals surface area contributed by atoms with Gasteiger partial charge >= 0.3 is 6.03 Å². The molecule has 4 aromatic rings. The van der Waals surface area contributed by atoms with Crippen LogP contribution < -0.4 is 10.6 Å². The van der Waals surface area contributed by atoms with Crippen LogP contribution in [-0.2, 0) is 19.5 Å². The van der Waals surface area contributed by atoms with Crippen LogP contribution >= 0.6 is 0 Å². The Labute approximate surface area is 238 Å². The number of hydrogen-bond donors (Lipinski definition) is 2. The van der Waals surface area contributed by atoms with Crippen molar-refractivity contribution in [3.63, 3.8) is 0 Å². The van der Waals surface area contributed by atoms with E-state index >= 15 is 0 Å². The van der Waals surface area contributed by atoms with Crippen molar-refractivity contribution in [3.05, 3.63) is 53.8 Å². The molecule has 0 bridgehead atoms. The highest BCUT2D eigenvalue weighted by Crippen LogP contribution is 2.28. The van der Waals surface area contributed by atoms with Gasteiger partial charge in [0, 0.05) is 43.0 Å². The van der Waals surface area contributed by atoms with E-state index in [0.717, 1.165) is 50.0 Å². The molecule has 1 fully saturated rings. The van der Waals surface area contributed by atoms with Crippen molar-refractivity contribution < 1.29 is 9.18 Å². The summed E-state index contributed by atoms with van der Waals surface area (Å²) in [6, 6.07) is 12.1. The summed E-state index contributed by atoms with van der Waals surface area (Å²) in [6.07, 6.45) is 4.15. The maximum absolute atomic E-state index is 13.2. The van der Waals surface area contributed by atoms with Crippen LogP contribution in [0.2, 0.25) is 0 Å². The van der Waals surface area contributed by atoms with Crippen LogP contribution in [0, 0.1) is 11.7 Å². The van der Waals surface area contributed by atoms with Gasteiger partial charge in [0.15, 0.2) is 11.6 Å². The van der Waals surface area contributed by atoms with Crippen LogP contribution in [0.3, 0.4) is 0 Å². The summed E-state index contributed by atoms with van der Waals surface area (Å²) in [6.45, 7) is 8.69. The van der Waals surface area contributed by atoms with Gasteiger partial charge in [-0.1, -0.05) is 12.1 Å². The molecule has 2 N–H and O–H groups in total. The number of anilines is 1. The number of nitrogens with one attached hydrogen (secondary N) is 2. The zero-order valence-electron chi connectivity index (χ0n) is 23.5. The van der Waals surface area contributed by atoms with Crippen molar-refractivity contribution in [1.29, 1.82) is 0 Å². The molecule has 0 radical (unpaired) electrons. The zero-order chi connectivity index (χ0) is 28.6. The number of nitrogens with zero attached hydrogens (tertiary/aromatic N) is 9. The van der Waals surface area contributed by atoms with E-state index < -0.39 is 0 Å². The smallest absolute Gasteiger partial charge is 0.319 e. The number of carbonyl (C=O) groups excluding carboxylic acids is 1. The quantitative estimate of drug-likeness (QED) is 0.265. The fourth-order valence-electron chi connectivity index (χ4n) is 5.36. The number of hydrogen-bond acceptors (Lipinski definition) is 8. The zero-order valence-corrected chi connectivity index (χ0v) is 23.5. The highest BCUT2D eigenvalue weighted by molar-refractivity contribution is 5.91. The number of benzene rings is 2. The number of amides is 2. The van der Waals surface area contributed by atoms with Gasteiger partial charge < -0.3 is 15.5 Å². The SMILES string of the molecule is CCn1nnnc1-c1cc(NC(=O)NCCCN2CCCC(Cc3ccc(F)cc3)C2)cc(-c2nnnn2CC)c1. The summed E-state index contributed by atoms with van der Waals surface area (Å²) in [5.41, 5.74) is 3.26. The molecule has 12 nitrogen and oxygen atoms in total. The topological polar surface area (TPSA) is 132 Å². The van der Waals surface area contributed by atoms with Crippen LogP contribution in [0.25, 0.3) is 22.8 Å². The van der Waals surface area contributed by atoms with Gasteiger partial charge in [0.25, 0.3) is 0 Å². The number of urea groups is 1. The molecule has 216 valence electrons. The number of rotatable bonds is 11. The summed E-state index contributed by atoms with van der Waals surface area (Å²) in [4.78, 5) is 15.3. The molecule has 2 aromatic carbocycles. The summed E-state index contributed by atoms with van der Waals surface area (Å²) in [5, 5.41) is 30.0. The Morgan fingerprint density at radius 3 is 2.27 bits per heavy atom. The van der Waals surface area contributed by atoms with Crippen molar-refractivity contribution in [2.75, 3.05) is 31.5 Å². The van der Waals surface area contributed by atoms with E-state index in [0.29, 0.717) is 42.9 Å². The Kier molecular flexibility index (Phi) is 9.24. The fraction of sp³-hybridized carbons (Fsp3) is 0.464. The van der Waals surface area contributed by atoms with Gasteiger partial charge in [0.1, 0.15) is 5.82 Å². The van der Waals surface area contributed by atoms with E-state index in [1.54, 1.807) is 9.36 Å². The van der Waals surface area contributed by atoms with Crippen LogP contribution in [0.4, 0.5) is 14.9 Å². The molecule has 1 aliphatic rings. The minimum Gasteiger partial charge on any atom is -0.338 e. The van der Waals surface area contributed by atoms with Crippen molar-refractivity contribution in [3.8, 4) is 22.8 Å². The Bertz CT molecular complexity index is 1370. The van der Waals surface area contributed by atoms with Gasteiger partial charge in [-0.05, 0) is 115 Å². The maximum atomic E-state index is 13.2. The average molecular weight is 562 g/mol. The van der Waals surface area contributed by atoms with Crippen LogP contribution in [0.15, 0.2) is 42.5 Å². The normalized spacial score (nSPS) is 15.6. The van der Waals surface area contributed by atoms with Crippen LogP contribution in [-0.4, -0.2) is 77.5 Å². The molecular weight excluding hydrogens is 525 g/mol. The third-order valence-electron chi connectivity index (χ3n) is 7.35. The Morgan fingerprint density at radius 2 is 1.63 bits per heavy atom. The largest absolute Gasteiger partial charge is 0.338 e. The van der Waals surface area contributed by atoms with E-state index in [4.69, 9.17) is 0 Å². The van der Waals surface area contributed by atoms with Gasteiger partial charge in [-0.3, -0.25) is 0 Å². The van der Waals surface area contributed by atoms with E-state index in [-0.39, 0.29) is 11.8 Å². The Balaban J connectivity index is 1.16. The Hall–Kier alpha value is -4.26. The lowest BCUT2D eigenvalue weighted by Gasteiger charge is -2.32. The first-order chi connectivity index (χ1) is 20.0. The number of tetrazole rings is 2. The average Bonchev–Trinajstić information content (AvgIpc) is 3.66. The van der Waals surface area contributed by atoms with Gasteiger partial charge in [-0.25, -0.2) is 18.5 Å². The molecule has 1 atom stereocenters. The molecule has 2 amide bonds. The third kappa shape index (κ3) is 7.28. The van der Waals surface area contributed by atoms with Crippen molar-refractivity contribution in [2.45, 2.75) is 52.6 Å². The lowest BCUT2D eigenvalue weighted by molar-refractivity contribution is 0.172. The number of likely N-dealkylation sites (tertiary alicyclic amines) is 1. The minimum atomic E-state index is -0.286. The molecule has 1 unspecified atom stereocenters. The minimum absolute atomic E-state index is 0.194. The molecule has 0 aliphatic carbocycles. The molecule has 3 heterocycles. The predicted molar refractivity (Wildman–Crippen MR) is 152 cm³/mol. The molecule has 0 saturated carbocycles. The monoisotopic (exact) mass is 561 g/mol. The van der Waals surface area contributed by atoms with E-state index in [1.165, 1.54) is 24.1 Å². The van der Waals surface area contributed by atoms with Crippen molar-refractivity contribution in [2.24, 2.45) is 5.92 Å². The molecular formula is C28H36FN11O. The molecule has 1 saturated heterocycles. The van der Waals surface area contributed by atoms with Crippen LogP contribution in [0.1, 0.15) is 38.7 Å². The highest BCUT2D eigenvalue weighted by atomic mass is 19.1. The first kappa shape index (κ1) is 28.3. The first-order valence-corrected chi connectivity index (χ1v) is 14.2. The lowest BCUT2D eigenvalue weighted by atomic mass is 9.91. The van der Waals surface area contributed by atoms with Gasteiger partial charge in [-0.15, -0.1) is 10.2 Å². The standard InChI is InChI=1S/C28H36FN11O/c1-3-39-26(32-34-36-39)22-16-23(27-33-35-37-40(27)4-2)18-25(17-22)31-28(41)30-12-6-14-38-13-5-7-21(19-38)15-20-8-10-24(29)11-9-20/h8-11,16-18,21H,3-7,12-15,19H2,1-2H3,(H2,30,31,41). The lowest BCUT2D eigenvalue weighted by Crippen LogP contribution is -2.38. The molecule has 41 heavy (non-hydrogen) atoms. The van der Waals surface area contributed by atoms with Gasteiger partial charge in [-0.2, -0.15) is 0 Å². The summed E-state index contributed by atoms with van der Waals surface area (Å²) < 4.78 is 16.6. The maximum Gasteiger partial charge on any atom is 0.319 e. The molecule has 1 aliphatic heterocycles. The Morgan fingerprint density at radius 1 is 0.976 bits per heavy atom. The van der Waals surface area contributed by atoms with E-state index in [9.17, 15) is 9.18 Å². The van der Waals surface area contributed by atoms with E-state index in [2.05, 4.69) is 46.6 Å². The molecule has 13 heteroatoms. The van der Waals surface area contributed by atoms with Gasteiger partial charge in [0.2, 0.25) is 0 Å². The third-order valence-corrected chi connectivity index (χ3v) is 7.35. The van der Waals surface area contributed by atoms with E-state index in [1.807, 2.05) is 44.2 Å². The van der Waals surface area contributed by atoms with Gasteiger partial charge in [0.05, 0.1) is 0 Å². The van der Waals surface area contributed by atoms with Crippen molar-refractivity contribution in [1.82, 2.24) is 50.6 Å². The predicted octanol–water partition coefficient (Wildman–Crippen LogP) is 3.64. The highest BCUT2D eigenvalue weighted by Gasteiger charge is 2.20. The number of piperidine rings is 1. The molecule has 5 rings (SSSR count). The first-order valence-electron chi connectivity index (χ1n) is 14.2. The number of aryl methyl sites for hydroxylation is 2. The molecule has 2 aromatic heterocycles. The van der Waals surface area contributed by atoms with Crippen LogP contribution in [0.5, 0.6) is 0 Å². The summed E-state index contributed by atoms with van der Waals surface area (Å²) >= 11 is 0. The molecule has 0 spiro atoms. The summed E-state index contributed by atoms with van der Waals surface area (Å²) in [5.74, 6) is 1.55. The second kappa shape index (κ2) is 13.4. The number of aromatic nitrogens is 8. The van der Waals surface area contributed by atoms with Crippen molar-refractivity contribution >= 4 is 11.7 Å². The number of carbonyl (C=O) groups is 1. The summed E-state index contributed by atoms with van der Waals surface area (Å²) in [7, 11) is 0. The number of halogens is 1. The second-order valence-electron chi connectivity index (χ2n) is 10.3.